The number of carbonyl (C=O) groups excluding carboxylic acids is 3. The van der Waals surface area contributed by atoms with Gasteiger partial charge < -0.3 is 20.3 Å². The highest BCUT2D eigenvalue weighted by Crippen LogP contribution is 2.27. The number of aryl methyl sites for hydroxylation is 2. The van der Waals surface area contributed by atoms with Gasteiger partial charge in [-0.15, -0.1) is 0 Å². The first-order valence-corrected chi connectivity index (χ1v) is 15.4. The molecule has 0 saturated heterocycles. The standard InChI is InChI=1S/C31H51N3O4S/c1-7-8-9-10-14-19-34(29(36)26(21-39)33-30(37)38-31(4,5)6)27(24-18-17-22(2)23(3)20-24)28(35)32-25-15-12-11-13-16-25/h17-18,20,25-27,39H,7-16,19,21H2,1-6H3,(H,32,35)(H,33,37). The number of rotatable bonds is 13. The van der Waals surface area contributed by atoms with Crippen LogP contribution in [0.1, 0.15) is 115 Å². The number of carbonyl (C=O) groups is 3. The van der Waals surface area contributed by atoms with Crippen molar-refractivity contribution in [3.8, 4) is 0 Å². The van der Waals surface area contributed by atoms with Crippen LogP contribution >= 0.6 is 12.6 Å². The summed E-state index contributed by atoms with van der Waals surface area (Å²) in [5.74, 6) is -0.399. The summed E-state index contributed by atoms with van der Waals surface area (Å²) >= 11 is 4.40. The second kappa shape index (κ2) is 16.1. The van der Waals surface area contributed by atoms with Gasteiger partial charge in [0, 0.05) is 18.3 Å². The van der Waals surface area contributed by atoms with Gasteiger partial charge in [0.25, 0.3) is 0 Å². The van der Waals surface area contributed by atoms with Gasteiger partial charge in [-0.25, -0.2) is 4.79 Å². The SMILES string of the molecule is CCCCCCCN(C(=O)C(CS)NC(=O)OC(C)(C)C)C(C(=O)NC1CCCCC1)c1ccc(C)c(C)c1. The molecule has 0 radical (unpaired) electrons. The molecule has 8 heteroatoms. The maximum absolute atomic E-state index is 14.1. The van der Waals surface area contributed by atoms with Crippen molar-refractivity contribution in [2.45, 2.75) is 129 Å². The second-order valence-corrected chi connectivity index (χ2v) is 12.3. The van der Waals surface area contributed by atoms with Crippen LogP contribution in [-0.2, 0) is 14.3 Å². The minimum atomic E-state index is -0.921. The van der Waals surface area contributed by atoms with Crippen LogP contribution in [-0.4, -0.2) is 52.8 Å². The molecule has 1 aliphatic rings. The molecule has 7 nitrogen and oxygen atoms in total. The average Bonchev–Trinajstić information content (AvgIpc) is 2.87. The van der Waals surface area contributed by atoms with E-state index in [9.17, 15) is 14.4 Å². The van der Waals surface area contributed by atoms with Crippen molar-refractivity contribution < 1.29 is 19.1 Å². The largest absolute Gasteiger partial charge is 0.444 e. The molecular formula is C31H51N3O4S. The maximum Gasteiger partial charge on any atom is 0.408 e. The summed E-state index contributed by atoms with van der Waals surface area (Å²) in [6, 6.07) is 4.35. The molecule has 0 spiro atoms. The van der Waals surface area contributed by atoms with Gasteiger partial charge >= 0.3 is 6.09 Å². The van der Waals surface area contributed by atoms with Gasteiger partial charge in [0.05, 0.1) is 0 Å². The second-order valence-electron chi connectivity index (χ2n) is 11.9. The van der Waals surface area contributed by atoms with Crippen molar-refractivity contribution in [1.82, 2.24) is 15.5 Å². The van der Waals surface area contributed by atoms with Gasteiger partial charge in [-0.3, -0.25) is 9.59 Å². The Bertz CT molecular complexity index is 940. The molecule has 39 heavy (non-hydrogen) atoms. The smallest absolute Gasteiger partial charge is 0.408 e. The summed E-state index contributed by atoms with van der Waals surface area (Å²) < 4.78 is 5.41. The van der Waals surface area contributed by atoms with Gasteiger partial charge in [0.15, 0.2) is 0 Å². The number of benzene rings is 1. The zero-order valence-corrected chi connectivity index (χ0v) is 25.9. The monoisotopic (exact) mass is 561 g/mol. The first kappa shape index (κ1) is 33.0. The van der Waals surface area contributed by atoms with Crippen LogP contribution in [0.4, 0.5) is 4.79 Å². The lowest BCUT2D eigenvalue weighted by molar-refractivity contribution is -0.142. The van der Waals surface area contributed by atoms with Gasteiger partial charge in [-0.1, -0.05) is 70.1 Å². The van der Waals surface area contributed by atoms with Crippen LogP contribution in [0.2, 0.25) is 0 Å². The number of hydrogen-bond acceptors (Lipinski definition) is 5. The van der Waals surface area contributed by atoms with Gasteiger partial charge in [0.1, 0.15) is 17.7 Å². The highest BCUT2D eigenvalue weighted by Gasteiger charge is 2.36. The molecule has 2 N–H and O–H groups in total. The Morgan fingerprint density at radius 1 is 1.03 bits per heavy atom. The van der Waals surface area contributed by atoms with E-state index in [4.69, 9.17) is 4.74 Å². The number of nitrogens with zero attached hydrogens (tertiary/aromatic N) is 1. The van der Waals surface area contributed by atoms with E-state index in [0.29, 0.717) is 6.54 Å². The lowest BCUT2D eigenvalue weighted by Gasteiger charge is -2.35. The van der Waals surface area contributed by atoms with Crippen molar-refractivity contribution in [3.05, 3.63) is 34.9 Å². The molecule has 220 valence electrons. The number of amides is 3. The molecule has 2 atom stereocenters. The number of nitrogens with one attached hydrogen (secondary N) is 2. The Morgan fingerprint density at radius 3 is 2.28 bits per heavy atom. The molecule has 0 aliphatic heterocycles. The summed E-state index contributed by atoms with van der Waals surface area (Å²) in [5, 5.41) is 5.96. The van der Waals surface area contributed by atoms with Crippen LogP contribution in [0.25, 0.3) is 0 Å². The highest BCUT2D eigenvalue weighted by molar-refractivity contribution is 7.80. The first-order chi connectivity index (χ1) is 18.5. The summed E-state index contributed by atoms with van der Waals surface area (Å²) in [5.41, 5.74) is 2.27. The Morgan fingerprint density at radius 2 is 1.69 bits per heavy atom. The fourth-order valence-corrected chi connectivity index (χ4v) is 5.27. The Labute approximate surface area is 241 Å². The van der Waals surface area contributed by atoms with Crippen molar-refractivity contribution >= 4 is 30.5 Å². The van der Waals surface area contributed by atoms with Crippen molar-refractivity contribution in [3.63, 3.8) is 0 Å². The lowest BCUT2D eigenvalue weighted by atomic mass is 9.94. The van der Waals surface area contributed by atoms with E-state index in [1.54, 1.807) is 25.7 Å². The van der Waals surface area contributed by atoms with E-state index >= 15 is 0 Å². The molecule has 2 unspecified atom stereocenters. The molecule has 0 aromatic heterocycles. The number of hydrogen-bond donors (Lipinski definition) is 3. The van der Waals surface area contributed by atoms with Crippen molar-refractivity contribution in [1.29, 1.82) is 0 Å². The molecular weight excluding hydrogens is 510 g/mol. The molecule has 1 aliphatic carbocycles. The van der Waals surface area contributed by atoms with E-state index in [2.05, 4.69) is 30.2 Å². The van der Waals surface area contributed by atoms with Crippen LogP contribution in [0, 0.1) is 13.8 Å². The quantitative estimate of drug-likeness (QED) is 0.192. The van der Waals surface area contributed by atoms with E-state index in [0.717, 1.165) is 74.5 Å². The first-order valence-electron chi connectivity index (χ1n) is 14.7. The zero-order valence-electron chi connectivity index (χ0n) is 25.0. The third-order valence-electron chi connectivity index (χ3n) is 7.32. The molecule has 1 aromatic rings. The van der Waals surface area contributed by atoms with Crippen LogP contribution in [0.15, 0.2) is 18.2 Å². The highest BCUT2D eigenvalue weighted by atomic mass is 32.1. The molecule has 2 rings (SSSR count). The van der Waals surface area contributed by atoms with Gasteiger partial charge in [-0.05, 0) is 70.6 Å². The maximum atomic E-state index is 14.1. The fourth-order valence-electron chi connectivity index (χ4n) is 5.02. The van der Waals surface area contributed by atoms with Crippen molar-refractivity contribution in [2.75, 3.05) is 12.3 Å². The molecule has 0 heterocycles. The fraction of sp³-hybridized carbons (Fsp3) is 0.710. The third kappa shape index (κ3) is 11.1. The van der Waals surface area contributed by atoms with E-state index in [1.807, 2.05) is 32.0 Å². The minimum Gasteiger partial charge on any atom is -0.444 e. The van der Waals surface area contributed by atoms with Gasteiger partial charge in [0.2, 0.25) is 11.8 Å². The summed E-state index contributed by atoms with van der Waals surface area (Å²) in [6.07, 6.45) is 9.69. The van der Waals surface area contributed by atoms with E-state index in [-0.39, 0.29) is 23.6 Å². The number of unbranched alkanes of at least 4 members (excludes halogenated alkanes) is 4. The zero-order chi connectivity index (χ0) is 29.0. The van der Waals surface area contributed by atoms with Crippen LogP contribution < -0.4 is 10.6 Å². The number of thiol groups is 1. The van der Waals surface area contributed by atoms with Crippen molar-refractivity contribution in [2.24, 2.45) is 0 Å². The molecule has 0 bridgehead atoms. The summed E-state index contributed by atoms with van der Waals surface area (Å²) in [6.45, 7) is 12.0. The third-order valence-corrected chi connectivity index (χ3v) is 7.68. The lowest BCUT2D eigenvalue weighted by Crippen LogP contribution is -2.54. The van der Waals surface area contributed by atoms with Gasteiger partial charge in [-0.2, -0.15) is 12.6 Å². The predicted octanol–water partition coefficient (Wildman–Crippen LogP) is 6.42. The molecule has 1 aromatic carbocycles. The Hall–Kier alpha value is -2.22. The Kier molecular flexibility index (Phi) is 13.7. The summed E-state index contributed by atoms with van der Waals surface area (Å²) in [4.78, 5) is 42.3. The Balaban J connectivity index is 2.42. The number of ether oxygens (including phenoxy) is 1. The van der Waals surface area contributed by atoms with Crippen LogP contribution in [0.5, 0.6) is 0 Å². The minimum absolute atomic E-state index is 0.0916. The molecule has 1 saturated carbocycles. The van der Waals surface area contributed by atoms with E-state index in [1.165, 1.54) is 6.42 Å². The predicted molar refractivity (Wildman–Crippen MR) is 161 cm³/mol. The number of alkyl carbamates (subject to hydrolysis) is 1. The molecule has 1 fully saturated rings. The average molecular weight is 562 g/mol. The topological polar surface area (TPSA) is 87.7 Å². The summed E-state index contributed by atoms with van der Waals surface area (Å²) in [7, 11) is 0. The van der Waals surface area contributed by atoms with E-state index < -0.39 is 23.8 Å². The van der Waals surface area contributed by atoms with Crippen LogP contribution in [0.3, 0.4) is 0 Å². The molecule has 3 amide bonds. The normalized spacial score (nSPS) is 15.8.